The maximum Gasteiger partial charge on any atom is 0.318 e. The van der Waals surface area contributed by atoms with Gasteiger partial charge in [0.1, 0.15) is 12.3 Å². The molecule has 2 aromatic rings. The fourth-order valence-corrected chi connectivity index (χ4v) is 4.55. The Labute approximate surface area is 129 Å². The Balaban J connectivity index is 2.39. The van der Waals surface area contributed by atoms with Gasteiger partial charge in [-0.15, -0.1) is 0 Å². The number of hydrogen-bond acceptors (Lipinski definition) is 3. The Morgan fingerprint density at radius 3 is 2.19 bits per heavy atom. The van der Waals surface area contributed by atoms with Crippen LogP contribution < -0.4 is 9.83 Å². The van der Waals surface area contributed by atoms with E-state index < -0.39 is 12.4 Å². The third-order valence-electron chi connectivity index (χ3n) is 2.87. The molecular weight excluding hydrogens is 305 g/mol. The van der Waals surface area contributed by atoms with Crippen LogP contribution in [0.4, 0.5) is 0 Å². The van der Waals surface area contributed by atoms with Crippen molar-refractivity contribution in [3.8, 4) is 5.75 Å². The second-order valence-electron chi connectivity index (χ2n) is 4.47. The maximum absolute atomic E-state index is 11.0. The van der Waals surface area contributed by atoms with Gasteiger partial charge in [-0.1, -0.05) is 36.4 Å². The van der Waals surface area contributed by atoms with E-state index in [-0.39, 0.29) is 6.54 Å². The van der Waals surface area contributed by atoms with Gasteiger partial charge in [-0.25, -0.2) is 4.67 Å². The molecule has 1 unspecified atom stereocenters. The first-order valence-corrected chi connectivity index (χ1v) is 9.03. The van der Waals surface area contributed by atoms with Crippen LogP contribution in [-0.4, -0.2) is 29.3 Å². The van der Waals surface area contributed by atoms with Crippen LogP contribution in [0.15, 0.2) is 60.7 Å². The van der Waals surface area contributed by atoms with Crippen LogP contribution in [0.3, 0.4) is 0 Å². The molecule has 0 aromatic heterocycles. The van der Waals surface area contributed by atoms with Crippen molar-refractivity contribution in [3.05, 3.63) is 60.7 Å². The largest absolute Gasteiger partial charge is 0.480 e. The van der Waals surface area contributed by atoms with E-state index >= 15 is 0 Å². The highest BCUT2D eigenvalue weighted by atomic mass is 32.4. The van der Waals surface area contributed by atoms with Crippen molar-refractivity contribution in [2.45, 2.75) is 0 Å². The highest BCUT2D eigenvalue weighted by Gasteiger charge is 2.29. The lowest BCUT2D eigenvalue weighted by molar-refractivity contribution is -0.137. The van der Waals surface area contributed by atoms with Crippen LogP contribution in [0.2, 0.25) is 0 Å². The third-order valence-corrected chi connectivity index (χ3v) is 7.01. The van der Waals surface area contributed by atoms with E-state index in [0.717, 1.165) is 5.30 Å². The molecule has 0 amide bonds. The average molecular weight is 321 g/mol. The summed E-state index contributed by atoms with van der Waals surface area (Å²) < 4.78 is 7.64. The summed E-state index contributed by atoms with van der Waals surface area (Å²) in [6, 6.07) is 18.6. The molecule has 0 spiro atoms. The number of rotatable bonds is 6. The predicted octanol–water partition coefficient (Wildman–Crippen LogP) is 2.72. The normalized spacial score (nSPS) is 13.6. The van der Waals surface area contributed by atoms with Crippen molar-refractivity contribution >= 4 is 29.5 Å². The standard InChI is InChI=1S/C15H16NO3PS/c1-16(12-15(17)18)20(21,14-10-6-3-7-11-14)19-13-8-4-2-5-9-13/h2-11H,12H2,1H3,(H,17,18). The summed E-state index contributed by atoms with van der Waals surface area (Å²) in [5.74, 6) is -0.291. The number of benzene rings is 2. The molecule has 21 heavy (non-hydrogen) atoms. The lowest BCUT2D eigenvalue weighted by Gasteiger charge is -2.31. The van der Waals surface area contributed by atoms with Gasteiger partial charge in [-0.3, -0.25) is 4.79 Å². The molecule has 0 radical (unpaired) electrons. The molecule has 2 rings (SSSR count). The first-order valence-electron chi connectivity index (χ1n) is 6.36. The molecule has 0 bridgehead atoms. The van der Waals surface area contributed by atoms with Gasteiger partial charge in [0.2, 0.25) is 6.42 Å². The second-order valence-corrected chi connectivity index (χ2v) is 8.38. The van der Waals surface area contributed by atoms with Crippen LogP contribution in [-0.2, 0) is 16.6 Å². The van der Waals surface area contributed by atoms with Crippen LogP contribution >= 0.6 is 6.42 Å². The molecular formula is C15H16NO3PS. The second kappa shape index (κ2) is 6.85. The fraction of sp³-hybridized carbons (Fsp3) is 0.133. The van der Waals surface area contributed by atoms with Gasteiger partial charge in [-0.2, -0.15) is 0 Å². The number of carbonyl (C=O) groups is 1. The first-order chi connectivity index (χ1) is 10.0. The van der Waals surface area contributed by atoms with Crippen LogP contribution in [0.1, 0.15) is 0 Å². The van der Waals surface area contributed by atoms with Gasteiger partial charge >= 0.3 is 5.97 Å². The molecule has 0 fully saturated rings. The Bertz CT molecular complexity index is 648. The van der Waals surface area contributed by atoms with Crippen molar-refractivity contribution < 1.29 is 14.4 Å². The number of carboxylic acids is 1. The van der Waals surface area contributed by atoms with E-state index in [9.17, 15) is 4.79 Å². The number of para-hydroxylation sites is 1. The van der Waals surface area contributed by atoms with Crippen molar-refractivity contribution in [2.24, 2.45) is 0 Å². The molecule has 0 saturated carbocycles. The topological polar surface area (TPSA) is 49.8 Å². The molecule has 1 N–H and O–H groups in total. The minimum absolute atomic E-state index is 0.168. The van der Waals surface area contributed by atoms with E-state index in [1.54, 1.807) is 11.7 Å². The molecule has 0 aliphatic carbocycles. The SMILES string of the molecule is CN(CC(=O)O)P(=S)(Oc1ccccc1)c1ccccc1. The number of nitrogens with zero attached hydrogens (tertiary/aromatic N) is 1. The summed E-state index contributed by atoms with van der Waals surface area (Å²) in [6.07, 6.45) is -2.65. The Morgan fingerprint density at radius 1 is 1.14 bits per heavy atom. The number of carboxylic acid groups (broad SMARTS) is 1. The van der Waals surface area contributed by atoms with E-state index in [2.05, 4.69) is 0 Å². The average Bonchev–Trinajstić information content (AvgIpc) is 2.48. The summed E-state index contributed by atoms with van der Waals surface area (Å²) in [7, 11) is 1.69. The molecule has 1 atom stereocenters. The molecule has 110 valence electrons. The van der Waals surface area contributed by atoms with Gasteiger partial charge in [0, 0.05) is 5.30 Å². The molecule has 0 heterocycles. The minimum atomic E-state index is -2.65. The van der Waals surface area contributed by atoms with Crippen LogP contribution in [0, 0.1) is 0 Å². The van der Waals surface area contributed by atoms with Gasteiger partial charge in [-0.05, 0) is 43.1 Å². The number of likely N-dealkylation sites (N-methyl/N-ethyl adjacent to an activating group) is 1. The zero-order valence-electron chi connectivity index (χ0n) is 11.5. The molecule has 6 heteroatoms. The van der Waals surface area contributed by atoms with E-state index in [1.807, 2.05) is 60.7 Å². The molecule has 0 aliphatic rings. The molecule has 2 aromatic carbocycles. The van der Waals surface area contributed by atoms with Gasteiger partial charge < -0.3 is 9.63 Å². The Kier molecular flexibility index (Phi) is 5.12. The maximum atomic E-state index is 11.0. The summed E-state index contributed by atoms with van der Waals surface area (Å²) >= 11 is 5.74. The summed E-state index contributed by atoms with van der Waals surface area (Å²) in [5, 5.41) is 9.86. The smallest absolute Gasteiger partial charge is 0.318 e. The van der Waals surface area contributed by atoms with Crippen LogP contribution in [0.25, 0.3) is 0 Å². The number of hydrogen-bond donors (Lipinski definition) is 1. The summed E-state index contributed by atoms with van der Waals surface area (Å²) in [4.78, 5) is 11.0. The van der Waals surface area contributed by atoms with Gasteiger partial charge in [0.25, 0.3) is 0 Å². The highest BCUT2D eigenvalue weighted by molar-refractivity contribution is 8.14. The molecule has 4 nitrogen and oxygen atoms in total. The number of aliphatic carboxylic acids is 1. The van der Waals surface area contributed by atoms with Crippen molar-refractivity contribution in [3.63, 3.8) is 0 Å². The zero-order chi connectivity index (χ0) is 15.3. The Hall–Kier alpha value is -1.68. The molecule has 0 aliphatic heterocycles. The predicted molar refractivity (Wildman–Crippen MR) is 87.7 cm³/mol. The lowest BCUT2D eigenvalue weighted by Crippen LogP contribution is -2.30. The van der Waals surface area contributed by atoms with Gasteiger partial charge in [0.15, 0.2) is 0 Å². The minimum Gasteiger partial charge on any atom is -0.480 e. The van der Waals surface area contributed by atoms with E-state index in [1.165, 1.54) is 0 Å². The van der Waals surface area contributed by atoms with Crippen molar-refractivity contribution in [1.82, 2.24) is 4.67 Å². The summed E-state index contributed by atoms with van der Waals surface area (Å²) in [6.45, 7) is -0.168. The monoisotopic (exact) mass is 321 g/mol. The van der Waals surface area contributed by atoms with Gasteiger partial charge in [0.05, 0.1) is 0 Å². The summed E-state index contributed by atoms with van der Waals surface area (Å²) in [5.41, 5.74) is 0. The third kappa shape index (κ3) is 3.91. The van der Waals surface area contributed by atoms with Crippen LogP contribution in [0.5, 0.6) is 5.75 Å². The zero-order valence-corrected chi connectivity index (χ0v) is 13.3. The van der Waals surface area contributed by atoms with E-state index in [4.69, 9.17) is 21.4 Å². The molecule has 0 saturated heterocycles. The fourth-order valence-electron chi connectivity index (χ4n) is 1.85. The highest BCUT2D eigenvalue weighted by Crippen LogP contribution is 2.48. The lowest BCUT2D eigenvalue weighted by atomic mass is 10.3. The van der Waals surface area contributed by atoms with Crippen molar-refractivity contribution in [2.75, 3.05) is 13.6 Å². The Morgan fingerprint density at radius 2 is 1.67 bits per heavy atom. The van der Waals surface area contributed by atoms with E-state index in [0.29, 0.717) is 5.75 Å². The first kappa shape index (κ1) is 15.7. The quantitative estimate of drug-likeness (QED) is 0.829. The van der Waals surface area contributed by atoms with Crippen molar-refractivity contribution in [1.29, 1.82) is 0 Å².